The number of aldehydes is 1. The summed E-state index contributed by atoms with van der Waals surface area (Å²) in [6.45, 7) is 6.14. The van der Waals surface area contributed by atoms with Crippen LogP contribution in [0.4, 0.5) is 0 Å². The monoisotopic (exact) mass is 388 g/mol. The first-order chi connectivity index (χ1) is 11.8. The molecule has 0 N–H and O–H groups in total. The Hall–Kier alpha value is -2.20. The summed E-state index contributed by atoms with van der Waals surface area (Å²) in [5, 5.41) is 0. The molecule has 0 aliphatic rings. The minimum atomic E-state index is -4.21. The number of hydrogen-bond donors (Lipinski definition) is 0. The highest BCUT2D eigenvalue weighted by atomic mass is 32.2. The molecule has 146 valence electrons. The number of carbonyl (C=O) groups is 3. The van der Waals surface area contributed by atoms with Crippen molar-refractivity contribution in [3.8, 4) is 0 Å². The number of esters is 2. The van der Waals surface area contributed by atoms with Crippen LogP contribution < -0.4 is 0 Å². The van der Waals surface area contributed by atoms with Gasteiger partial charge in [0.05, 0.1) is 6.61 Å². The summed E-state index contributed by atoms with van der Waals surface area (Å²) in [5.74, 6) is -1.49. The molecule has 0 bridgehead atoms. The first-order valence-corrected chi connectivity index (χ1v) is 9.29. The molecule has 1 aromatic rings. The van der Waals surface area contributed by atoms with Gasteiger partial charge < -0.3 is 14.0 Å². The zero-order valence-corrected chi connectivity index (χ0v) is 16.5. The SMILES string of the molecule is CCOC(=O)c1cc(S(=O)(=O)N(C)CC(=O)OC(C)(C)C)c(C=O)n1C. The minimum absolute atomic E-state index is 0.0850. The van der Waals surface area contributed by atoms with Gasteiger partial charge in [0.15, 0.2) is 6.29 Å². The van der Waals surface area contributed by atoms with Crippen molar-refractivity contribution in [3.63, 3.8) is 0 Å². The molecule has 1 rings (SSSR count). The van der Waals surface area contributed by atoms with Crippen LogP contribution in [-0.4, -0.2) is 61.3 Å². The average molecular weight is 388 g/mol. The van der Waals surface area contributed by atoms with Gasteiger partial charge in [0, 0.05) is 14.1 Å². The molecule has 9 nitrogen and oxygen atoms in total. The number of ether oxygens (including phenoxy) is 2. The average Bonchev–Trinajstić information content (AvgIpc) is 2.82. The highest BCUT2D eigenvalue weighted by Gasteiger charge is 2.31. The van der Waals surface area contributed by atoms with Crippen molar-refractivity contribution < 1.29 is 32.3 Å². The largest absolute Gasteiger partial charge is 0.461 e. The van der Waals surface area contributed by atoms with Gasteiger partial charge in [0.25, 0.3) is 0 Å². The third-order valence-corrected chi connectivity index (χ3v) is 5.13. The molecule has 0 aromatic carbocycles. The summed E-state index contributed by atoms with van der Waals surface area (Å²) in [6, 6.07) is 1.06. The van der Waals surface area contributed by atoms with Gasteiger partial charge in [-0.1, -0.05) is 0 Å². The number of carbonyl (C=O) groups excluding carboxylic acids is 3. The lowest BCUT2D eigenvalue weighted by Crippen LogP contribution is -2.36. The summed E-state index contributed by atoms with van der Waals surface area (Å²) < 4.78 is 37.4. The van der Waals surface area contributed by atoms with Crippen LogP contribution in [0.2, 0.25) is 0 Å². The first kappa shape index (κ1) is 21.8. The summed E-state index contributed by atoms with van der Waals surface area (Å²) >= 11 is 0. The molecule has 0 spiro atoms. The van der Waals surface area contributed by atoms with Gasteiger partial charge in [0.1, 0.15) is 28.4 Å². The van der Waals surface area contributed by atoms with E-state index in [-0.39, 0.29) is 22.9 Å². The number of likely N-dealkylation sites (N-methyl/N-ethyl adjacent to an activating group) is 1. The van der Waals surface area contributed by atoms with Gasteiger partial charge in [-0.2, -0.15) is 4.31 Å². The molecule has 0 radical (unpaired) electrons. The van der Waals surface area contributed by atoms with E-state index in [2.05, 4.69) is 0 Å². The predicted octanol–water partition coefficient (Wildman–Crippen LogP) is 0.976. The van der Waals surface area contributed by atoms with Crippen LogP contribution in [0.25, 0.3) is 0 Å². The molecule has 0 amide bonds. The van der Waals surface area contributed by atoms with Crippen LogP contribution in [0, 0.1) is 0 Å². The molecule has 0 saturated heterocycles. The van der Waals surface area contributed by atoms with E-state index < -0.39 is 34.1 Å². The fourth-order valence-electron chi connectivity index (χ4n) is 2.14. The number of hydrogen-bond acceptors (Lipinski definition) is 7. The van der Waals surface area contributed by atoms with Crippen LogP contribution in [0.1, 0.15) is 48.7 Å². The fraction of sp³-hybridized carbons (Fsp3) is 0.562. The number of sulfonamides is 1. The van der Waals surface area contributed by atoms with Crippen LogP contribution in [0.5, 0.6) is 0 Å². The zero-order valence-electron chi connectivity index (χ0n) is 15.7. The van der Waals surface area contributed by atoms with E-state index >= 15 is 0 Å². The van der Waals surface area contributed by atoms with Gasteiger partial charge in [0.2, 0.25) is 10.0 Å². The van der Waals surface area contributed by atoms with E-state index in [0.717, 1.165) is 14.9 Å². The summed E-state index contributed by atoms with van der Waals surface area (Å²) in [7, 11) is -1.65. The summed E-state index contributed by atoms with van der Waals surface area (Å²) in [4.78, 5) is 34.8. The van der Waals surface area contributed by atoms with Gasteiger partial charge >= 0.3 is 11.9 Å². The second-order valence-electron chi connectivity index (χ2n) is 6.52. The van der Waals surface area contributed by atoms with Gasteiger partial charge in [-0.3, -0.25) is 9.59 Å². The molecular weight excluding hydrogens is 364 g/mol. The Bertz CT molecular complexity index is 803. The number of nitrogens with zero attached hydrogens (tertiary/aromatic N) is 2. The van der Waals surface area contributed by atoms with E-state index in [0.29, 0.717) is 6.29 Å². The quantitative estimate of drug-likeness (QED) is 0.505. The Labute approximate surface area is 152 Å². The maximum absolute atomic E-state index is 12.8. The molecule has 26 heavy (non-hydrogen) atoms. The number of rotatable bonds is 7. The molecule has 1 heterocycles. The lowest BCUT2D eigenvalue weighted by Gasteiger charge is -2.22. The normalized spacial score (nSPS) is 12.1. The Kier molecular flexibility index (Phi) is 6.72. The van der Waals surface area contributed by atoms with E-state index in [9.17, 15) is 22.8 Å². The number of aromatic nitrogens is 1. The van der Waals surface area contributed by atoms with E-state index in [4.69, 9.17) is 9.47 Å². The van der Waals surface area contributed by atoms with Gasteiger partial charge in [-0.15, -0.1) is 0 Å². The van der Waals surface area contributed by atoms with Crippen LogP contribution in [0.3, 0.4) is 0 Å². The molecule has 1 aromatic heterocycles. The maximum Gasteiger partial charge on any atom is 0.354 e. The van der Waals surface area contributed by atoms with Crippen LogP contribution in [0.15, 0.2) is 11.0 Å². The van der Waals surface area contributed by atoms with Crippen molar-refractivity contribution in [3.05, 3.63) is 17.5 Å². The molecule has 0 saturated carbocycles. The maximum atomic E-state index is 12.8. The second-order valence-corrected chi connectivity index (χ2v) is 8.54. The molecule has 0 unspecified atom stereocenters. The smallest absolute Gasteiger partial charge is 0.354 e. The Morgan fingerprint density at radius 2 is 1.88 bits per heavy atom. The van der Waals surface area contributed by atoms with Gasteiger partial charge in [-0.25, -0.2) is 13.2 Å². The third-order valence-electron chi connectivity index (χ3n) is 3.30. The third kappa shape index (κ3) is 4.92. The predicted molar refractivity (Wildman–Crippen MR) is 92.4 cm³/mol. The standard InChI is InChI=1S/C16H24N2O7S/c1-7-24-15(21)11-8-13(12(10-19)18(11)6)26(22,23)17(5)9-14(20)25-16(2,3)4/h8,10H,7,9H2,1-6H3. The van der Waals surface area contributed by atoms with E-state index in [1.165, 1.54) is 14.1 Å². The minimum Gasteiger partial charge on any atom is -0.461 e. The molecule has 0 aliphatic heterocycles. The van der Waals surface area contributed by atoms with Crippen molar-refractivity contribution >= 4 is 28.2 Å². The molecule has 10 heteroatoms. The Balaban J connectivity index is 3.23. The molecule has 0 atom stereocenters. The molecule has 0 fully saturated rings. The first-order valence-electron chi connectivity index (χ1n) is 7.85. The second kappa shape index (κ2) is 8.00. The van der Waals surface area contributed by atoms with Gasteiger partial charge in [-0.05, 0) is 33.8 Å². The Morgan fingerprint density at radius 1 is 1.31 bits per heavy atom. The van der Waals surface area contributed by atoms with Crippen molar-refractivity contribution in [1.29, 1.82) is 0 Å². The van der Waals surface area contributed by atoms with Crippen LogP contribution in [-0.2, 0) is 31.3 Å². The van der Waals surface area contributed by atoms with Crippen molar-refractivity contribution in [2.45, 2.75) is 38.2 Å². The summed E-state index contributed by atoms with van der Waals surface area (Å²) in [6.07, 6.45) is 0.330. The highest BCUT2D eigenvalue weighted by molar-refractivity contribution is 7.89. The van der Waals surface area contributed by atoms with Crippen LogP contribution >= 0.6 is 0 Å². The topological polar surface area (TPSA) is 112 Å². The Morgan fingerprint density at radius 3 is 2.35 bits per heavy atom. The zero-order chi connectivity index (χ0) is 20.3. The fourth-order valence-corrected chi connectivity index (χ4v) is 3.46. The lowest BCUT2D eigenvalue weighted by atomic mass is 10.2. The van der Waals surface area contributed by atoms with Crippen molar-refractivity contribution in [2.75, 3.05) is 20.2 Å². The summed E-state index contributed by atoms with van der Waals surface area (Å²) in [5.41, 5.74) is -1.07. The molecule has 0 aliphatic carbocycles. The van der Waals surface area contributed by atoms with E-state index in [1.807, 2.05) is 0 Å². The highest BCUT2D eigenvalue weighted by Crippen LogP contribution is 2.23. The molecular formula is C16H24N2O7S. The lowest BCUT2D eigenvalue weighted by molar-refractivity contribution is -0.154. The van der Waals surface area contributed by atoms with Crippen molar-refractivity contribution in [2.24, 2.45) is 7.05 Å². The van der Waals surface area contributed by atoms with E-state index in [1.54, 1.807) is 27.7 Å². The van der Waals surface area contributed by atoms with Crippen molar-refractivity contribution in [1.82, 2.24) is 8.87 Å².